The van der Waals surface area contributed by atoms with E-state index in [0.717, 1.165) is 22.5 Å². The molecule has 7 nitrogen and oxygen atoms in total. The Kier molecular flexibility index (Phi) is 7.32. The van der Waals surface area contributed by atoms with Gasteiger partial charge in [-0.05, 0) is 83.9 Å². The van der Waals surface area contributed by atoms with Crippen LogP contribution in [0.2, 0.25) is 0 Å². The highest BCUT2D eigenvalue weighted by molar-refractivity contribution is 5.98. The van der Waals surface area contributed by atoms with Crippen LogP contribution in [-0.2, 0) is 12.8 Å². The number of imidazole rings is 2. The Labute approximate surface area is 237 Å². The predicted octanol–water partition coefficient (Wildman–Crippen LogP) is 6.70. The van der Waals surface area contributed by atoms with Gasteiger partial charge in [0.2, 0.25) is 0 Å². The molecule has 2 aromatic heterocycles. The molecule has 41 heavy (non-hydrogen) atoms. The maximum absolute atomic E-state index is 12.8. The molecule has 0 radical (unpaired) electrons. The van der Waals surface area contributed by atoms with Crippen LogP contribution in [-0.4, -0.2) is 30.7 Å². The molecule has 0 N–H and O–H groups in total. The molecule has 0 saturated heterocycles. The average Bonchev–Trinajstić information content (AvgIpc) is 3.75. The molecule has 0 unspecified atom stereocenters. The van der Waals surface area contributed by atoms with E-state index in [1.165, 1.54) is 0 Å². The van der Waals surface area contributed by atoms with Crippen LogP contribution < -0.4 is 4.74 Å². The zero-order chi connectivity index (χ0) is 28.0. The number of aromatic nitrogens is 4. The molecular weight excluding hydrogens is 512 g/mol. The lowest BCUT2D eigenvalue weighted by atomic mass is 10.0. The van der Waals surface area contributed by atoms with Crippen LogP contribution in [0.15, 0.2) is 135 Å². The third kappa shape index (κ3) is 6.20. The molecule has 200 valence electrons. The molecule has 0 aliphatic carbocycles. The molecule has 0 aliphatic rings. The van der Waals surface area contributed by atoms with Gasteiger partial charge in [0, 0.05) is 60.1 Å². The van der Waals surface area contributed by atoms with Gasteiger partial charge >= 0.3 is 0 Å². The summed E-state index contributed by atoms with van der Waals surface area (Å²) < 4.78 is 9.77. The van der Waals surface area contributed by atoms with E-state index in [1.54, 1.807) is 25.0 Å². The Morgan fingerprint density at radius 3 is 1.27 bits per heavy atom. The van der Waals surface area contributed by atoms with Crippen molar-refractivity contribution < 1.29 is 14.3 Å². The van der Waals surface area contributed by atoms with E-state index in [9.17, 15) is 9.59 Å². The van der Waals surface area contributed by atoms with E-state index in [0.29, 0.717) is 35.5 Å². The number of nitrogens with zero attached hydrogens (tertiary/aromatic N) is 4. The minimum absolute atomic E-state index is 0.0510. The molecule has 0 aliphatic heterocycles. The van der Waals surface area contributed by atoms with Crippen molar-refractivity contribution in [2.45, 2.75) is 12.8 Å². The third-order valence-electron chi connectivity index (χ3n) is 6.80. The van der Waals surface area contributed by atoms with Gasteiger partial charge in [0.05, 0.1) is 12.7 Å². The Morgan fingerprint density at radius 1 is 0.537 bits per heavy atom. The van der Waals surface area contributed by atoms with E-state index < -0.39 is 0 Å². The number of ether oxygens (including phenoxy) is 1. The van der Waals surface area contributed by atoms with Crippen molar-refractivity contribution in [3.8, 4) is 22.9 Å². The molecule has 2 heterocycles. The summed E-state index contributed by atoms with van der Waals surface area (Å²) in [6.07, 6.45) is 11.2. The van der Waals surface area contributed by atoms with Crippen molar-refractivity contribution in [1.82, 2.24) is 19.1 Å². The van der Waals surface area contributed by atoms with E-state index in [2.05, 4.69) is 9.97 Å². The van der Waals surface area contributed by atoms with Crippen molar-refractivity contribution in [3.63, 3.8) is 0 Å². The lowest BCUT2D eigenvalue weighted by Crippen LogP contribution is -2.04. The van der Waals surface area contributed by atoms with Gasteiger partial charge in [-0.2, -0.15) is 0 Å². The van der Waals surface area contributed by atoms with E-state index in [-0.39, 0.29) is 11.6 Å². The zero-order valence-electron chi connectivity index (χ0n) is 22.1. The highest BCUT2D eigenvalue weighted by Crippen LogP contribution is 2.23. The van der Waals surface area contributed by atoms with Crippen LogP contribution in [0.25, 0.3) is 11.4 Å². The number of Topliss-reactive ketones (excluding diaryl/α,β-unsaturated/α-hetero) is 2. The van der Waals surface area contributed by atoms with E-state index in [4.69, 9.17) is 4.74 Å². The van der Waals surface area contributed by atoms with Gasteiger partial charge in [-0.3, -0.25) is 9.59 Å². The smallest absolute Gasteiger partial charge is 0.167 e. The second kappa shape index (κ2) is 11.7. The summed E-state index contributed by atoms with van der Waals surface area (Å²) in [4.78, 5) is 33.6. The molecule has 0 spiro atoms. The molecular formula is C34H26N4O3. The fraction of sp³-hybridized carbons (Fsp3) is 0.0588. The van der Waals surface area contributed by atoms with Gasteiger partial charge in [0.15, 0.2) is 11.6 Å². The first-order valence-electron chi connectivity index (χ1n) is 13.2. The normalized spacial score (nSPS) is 10.8. The van der Waals surface area contributed by atoms with Crippen LogP contribution in [0, 0.1) is 0 Å². The maximum Gasteiger partial charge on any atom is 0.167 e. The monoisotopic (exact) mass is 538 g/mol. The standard InChI is InChI=1S/C34H26N4O3/c39-33(27-5-9-29(10-6-27)37-19-17-35-23-37)21-25-1-13-31(14-2-25)41-32-15-3-26(4-16-32)22-34(40)28-7-11-30(12-8-28)38-20-18-36-24-38/h1-20,23-24H,21-22H2. The Bertz CT molecular complexity index is 1610. The first-order chi connectivity index (χ1) is 20.1. The van der Waals surface area contributed by atoms with Crippen LogP contribution in [0.4, 0.5) is 0 Å². The van der Waals surface area contributed by atoms with E-state index in [1.807, 2.05) is 119 Å². The molecule has 6 rings (SSSR count). The number of carbonyl (C=O) groups is 2. The number of carbonyl (C=O) groups excluding carboxylic acids is 2. The first-order valence-corrected chi connectivity index (χ1v) is 13.2. The lowest BCUT2D eigenvalue weighted by Gasteiger charge is -2.09. The van der Waals surface area contributed by atoms with Gasteiger partial charge in [0.1, 0.15) is 11.5 Å². The molecule has 7 heteroatoms. The zero-order valence-corrected chi connectivity index (χ0v) is 22.1. The molecule has 0 fully saturated rings. The Balaban J connectivity index is 1.02. The number of hydrogen-bond acceptors (Lipinski definition) is 5. The molecule has 0 saturated carbocycles. The minimum Gasteiger partial charge on any atom is -0.457 e. The van der Waals surface area contributed by atoms with E-state index >= 15 is 0 Å². The fourth-order valence-electron chi connectivity index (χ4n) is 4.52. The quantitative estimate of drug-likeness (QED) is 0.181. The summed E-state index contributed by atoms with van der Waals surface area (Å²) in [5.74, 6) is 1.45. The van der Waals surface area contributed by atoms with Gasteiger partial charge < -0.3 is 13.9 Å². The van der Waals surface area contributed by atoms with Gasteiger partial charge in [-0.15, -0.1) is 0 Å². The van der Waals surface area contributed by atoms with Crippen molar-refractivity contribution in [1.29, 1.82) is 0 Å². The molecule has 4 aromatic carbocycles. The summed E-state index contributed by atoms with van der Waals surface area (Å²) in [5.41, 5.74) is 5.06. The molecule has 0 amide bonds. The number of benzene rings is 4. The van der Waals surface area contributed by atoms with Gasteiger partial charge in [-0.1, -0.05) is 24.3 Å². The Morgan fingerprint density at radius 2 is 0.927 bits per heavy atom. The fourth-order valence-corrected chi connectivity index (χ4v) is 4.52. The van der Waals surface area contributed by atoms with Crippen LogP contribution in [0.3, 0.4) is 0 Å². The molecule has 0 bridgehead atoms. The SMILES string of the molecule is O=C(Cc1ccc(Oc2ccc(CC(=O)c3ccc(-n4ccnc4)cc3)cc2)cc1)c1ccc(-n2ccnc2)cc1. The highest BCUT2D eigenvalue weighted by Gasteiger charge is 2.10. The maximum atomic E-state index is 12.8. The highest BCUT2D eigenvalue weighted by atomic mass is 16.5. The van der Waals surface area contributed by atoms with Gasteiger partial charge in [-0.25, -0.2) is 9.97 Å². The number of hydrogen-bond donors (Lipinski definition) is 0. The molecule has 0 atom stereocenters. The summed E-state index contributed by atoms with van der Waals surface area (Å²) in [6.45, 7) is 0. The van der Waals surface area contributed by atoms with Crippen molar-refractivity contribution in [2.24, 2.45) is 0 Å². The lowest BCUT2D eigenvalue weighted by molar-refractivity contribution is 0.0985. The second-order valence-corrected chi connectivity index (χ2v) is 9.62. The summed E-state index contributed by atoms with van der Waals surface area (Å²) in [6, 6.07) is 30.0. The predicted molar refractivity (Wildman–Crippen MR) is 156 cm³/mol. The van der Waals surface area contributed by atoms with Crippen molar-refractivity contribution >= 4 is 11.6 Å². The van der Waals surface area contributed by atoms with Crippen LogP contribution >= 0.6 is 0 Å². The largest absolute Gasteiger partial charge is 0.457 e. The Hall–Kier alpha value is -5.56. The van der Waals surface area contributed by atoms with Gasteiger partial charge in [0.25, 0.3) is 0 Å². The van der Waals surface area contributed by atoms with Crippen LogP contribution in [0.5, 0.6) is 11.5 Å². The number of rotatable bonds is 10. The van der Waals surface area contributed by atoms with Crippen molar-refractivity contribution in [3.05, 3.63) is 157 Å². The number of ketones is 2. The summed E-state index contributed by atoms with van der Waals surface area (Å²) in [7, 11) is 0. The second-order valence-electron chi connectivity index (χ2n) is 9.62. The van der Waals surface area contributed by atoms with Crippen LogP contribution in [0.1, 0.15) is 31.8 Å². The minimum atomic E-state index is 0.0510. The molecule has 6 aromatic rings. The third-order valence-corrected chi connectivity index (χ3v) is 6.80. The summed E-state index contributed by atoms with van der Waals surface area (Å²) >= 11 is 0. The summed E-state index contributed by atoms with van der Waals surface area (Å²) in [5, 5.41) is 0. The first kappa shape index (κ1) is 25.7. The van der Waals surface area contributed by atoms with Crippen molar-refractivity contribution in [2.75, 3.05) is 0 Å². The topological polar surface area (TPSA) is 79.0 Å². The average molecular weight is 539 g/mol.